The van der Waals surface area contributed by atoms with Crippen molar-refractivity contribution in [2.75, 3.05) is 0 Å². The highest BCUT2D eigenvalue weighted by molar-refractivity contribution is 5.70. The number of aliphatic hydroxyl groups is 2. The number of unbranched alkanes of at least 4 members (excludes halogenated alkanes) is 9. The number of aliphatic carboxylic acids is 1. The van der Waals surface area contributed by atoms with E-state index >= 15 is 0 Å². The summed E-state index contributed by atoms with van der Waals surface area (Å²) in [6, 6.07) is 0. The van der Waals surface area contributed by atoms with E-state index in [0.717, 1.165) is 19.3 Å². The Morgan fingerprint density at radius 3 is 1.60 bits per heavy atom. The number of aliphatic hydroxyl groups excluding tert-OH is 2. The number of carboxylic acids is 1. The second kappa shape index (κ2) is 15.6. The lowest BCUT2D eigenvalue weighted by Crippen LogP contribution is -2.29. The first-order valence-corrected chi connectivity index (χ1v) is 10.5. The van der Waals surface area contributed by atoms with Gasteiger partial charge >= 0.3 is 5.97 Å². The van der Waals surface area contributed by atoms with E-state index in [1.54, 1.807) is 13.8 Å². The molecule has 0 fully saturated rings. The van der Waals surface area contributed by atoms with E-state index in [0.29, 0.717) is 6.42 Å². The van der Waals surface area contributed by atoms with Crippen molar-refractivity contribution in [2.45, 2.75) is 116 Å². The molecule has 0 radical (unpaired) electrons. The molecule has 4 unspecified atom stereocenters. The van der Waals surface area contributed by atoms with Crippen LogP contribution in [0.4, 0.5) is 0 Å². The van der Waals surface area contributed by atoms with Gasteiger partial charge in [0.05, 0.1) is 18.1 Å². The van der Waals surface area contributed by atoms with Gasteiger partial charge in [0, 0.05) is 0 Å². The molecule has 0 aromatic rings. The van der Waals surface area contributed by atoms with Crippen LogP contribution in [0.2, 0.25) is 0 Å². The highest BCUT2D eigenvalue weighted by Gasteiger charge is 2.29. The molecule has 4 atom stereocenters. The molecule has 4 heteroatoms. The van der Waals surface area contributed by atoms with Crippen molar-refractivity contribution in [3.63, 3.8) is 0 Å². The number of hydrogen-bond donors (Lipinski definition) is 3. The van der Waals surface area contributed by atoms with Crippen molar-refractivity contribution in [1.29, 1.82) is 0 Å². The average molecular weight is 359 g/mol. The summed E-state index contributed by atoms with van der Waals surface area (Å²) in [6.45, 7) is 5.59. The van der Waals surface area contributed by atoms with Gasteiger partial charge in [0.25, 0.3) is 0 Å². The number of carbonyl (C=O) groups is 1. The normalized spacial score (nSPS) is 16.4. The van der Waals surface area contributed by atoms with Crippen LogP contribution >= 0.6 is 0 Å². The summed E-state index contributed by atoms with van der Waals surface area (Å²) in [6.07, 6.45) is 13.1. The Morgan fingerprint density at radius 1 is 0.760 bits per heavy atom. The first-order chi connectivity index (χ1) is 11.9. The standard InChI is InChI=1S/C21H42O4/c1-4-5-6-7-8-9-10-11-12-13-14-19(15-17(2)22)20(21(24)25)16-18(3)23/h17-20,22-23H,4-16H2,1-3H3,(H,24,25). The van der Waals surface area contributed by atoms with Crippen LogP contribution in [0.1, 0.15) is 104 Å². The Balaban J connectivity index is 4.05. The monoisotopic (exact) mass is 358 g/mol. The third-order valence-corrected chi connectivity index (χ3v) is 5.05. The van der Waals surface area contributed by atoms with Crippen molar-refractivity contribution in [2.24, 2.45) is 11.8 Å². The van der Waals surface area contributed by atoms with Gasteiger partial charge in [-0.1, -0.05) is 71.1 Å². The fourth-order valence-corrected chi connectivity index (χ4v) is 3.68. The van der Waals surface area contributed by atoms with Crippen LogP contribution in [0, 0.1) is 11.8 Å². The first-order valence-electron chi connectivity index (χ1n) is 10.5. The molecule has 0 aliphatic carbocycles. The third kappa shape index (κ3) is 14.3. The van der Waals surface area contributed by atoms with Crippen molar-refractivity contribution >= 4 is 5.97 Å². The van der Waals surface area contributed by atoms with Crippen LogP contribution < -0.4 is 0 Å². The predicted molar refractivity (Wildman–Crippen MR) is 104 cm³/mol. The zero-order valence-corrected chi connectivity index (χ0v) is 16.8. The van der Waals surface area contributed by atoms with Crippen molar-refractivity contribution in [1.82, 2.24) is 0 Å². The van der Waals surface area contributed by atoms with Crippen LogP contribution in [0.5, 0.6) is 0 Å². The Morgan fingerprint density at radius 2 is 1.20 bits per heavy atom. The van der Waals surface area contributed by atoms with Crippen LogP contribution in [0.3, 0.4) is 0 Å². The summed E-state index contributed by atoms with van der Waals surface area (Å²) < 4.78 is 0. The van der Waals surface area contributed by atoms with E-state index in [1.807, 2.05) is 0 Å². The largest absolute Gasteiger partial charge is 0.481 e. The average Bonchev–Trinajstić information content (AvgIpc) is 2.52. The molecule has 25 heavy (non-hydrogen) atoms. The van der Waals surface area contributed by atoms with E-state index in [-0.39, 0.29) is 12.3 Å². The van der Waals surface area contributed by atoms with E-state index in [4.69, 9.17) is 0 Å². The Bertz CT molecular complexity index is 315. The SMILES string of the molecule is CCCCCCCCCCCCC(CC(C)O)C(CC(C)O)C(=O)O. The van der Waals surface area contributed by atoms with Crippen LogP contribution in [0.25, 0.3) is 0 Å². The Kier molecular flexibility index (Phi) is 15.2. The Hall–Kier alpha value is -0.610. The molecule has 150 valence electrons. The maximum absolute atomic E-state index is 11.5. The van der Waals surface area contributed by atoms with Gasteiger partial charge in [-0.05, 0) is 39.0 Å². The van der Waals surface area contributed by atoms with Gasteiger partial charge in [-0.3, -0.25) is 4.79 Å². The summed E-state index contributed by atoms with van der Waals surface area (Å²) >= 11 is 0. The molecule has 0 aliphatic heterocycles. The van der Waals surface area contributed by atoms with Crippen LogP contribution in [-0.2, 0) is 4.79 Å². The lowest BCUT2D eigenvalue weighted by molar-refractivity contribution is -0.145. The molecule has 0 bridgehead atoms. The molecule has 4 nitrogen and oxygen atoms in total. The minimum absolute atomic E-state index is 0.0545. The molecule has 0 saturated heterocycles. The zero-order chi connectivity index (χ0) is 19.1. The minimum atomic E-state index is -0.848. The maximum Gasteiger partial charge on any atom is 0.306 e. The van der Waals surface area contributed by atoms with Gasteiger partial charge in [-0.25, -0.2) is 0 Å². The molecule has 0 rings (SSSR count). The fourth-order valence-electron chi connectivity index (χ4n) is 3.68. The fraction of sp³-hybridized carbons (Fsp3) is 0.952. The number of rotatable bonds is 17. The molecule has 0 heterocycles. The van der Waals surface area contributed by atoms with Crippen molar-refractivity contribution in [3.05, 3.63) is 0 Å². The van der Waals surface area contributed by atoms with Gasteiger partial charge in [0.15, 0.2) is 0 Å². The molecular weight excluding hydrogens is 316 g/mol. The quantitative estimate of drug-likeness (QED) is 0.314. The second-order valence-corrected chi connectivity index (χ2v) is 7.84. The summed E-state index contributed by atoms with van der Waals surface area (Å²) in [5.41, 5.74) is 0. The third-order valence-electron chi connectivity index (χ3n) is 5.05. The molecular formula is C21H42O4. The van der Waals surface area contributed by atoms with Crippen LogP contribution in [-0.4, -0.2) is 33.5 Å². The molecule has 3 N–H and O–H groups in total. The van der Waals surface area contributed by atoms with E-state index in [1.165, 1.54) is 51.4 Å². The molecule has 0 aromatic heterocycles. The van der Waals surface area contributed by atoms with Crippen LogP contribution in [0.15, 0.2) is 0 Å². The van der Waals surface area contributed by atoms with Gasteiger partial charge in [-0.15, -0.1) is 0 Å². The van der Waals surface area contributed by atoms with Gasteiger partial charge in [0.1, 0.15) is 0 Å². The Labute approximate surface area is 155 Å². The lowest BCUT2D eigenvalue weighted by atomic mass is 9.80. The predicted octanol–water partition coefficient (Wildman–Crippen LogP) is 5.16. The van der Waals surface area contributed by atoms with E-state index < -0.39 is 24.1 Å². The second-order valence-electron chi connectivity index (χ2n) is 7.84. The number of carboxylic acid groups (broad SMARTS) is 1. The lowest BCUT2D eigenvalue weighted by Gasteiger charge is -2.26. The zero-order valence-electron chi connectivity index (χ0n) is 16.8. The number of hydrogen-bond acceptors (Lipinski definition) is 3. The summed E-state index contributed by atoms with van der Waals surface area (Å²) in [5.74, 6) is -1.46. The highest BCUT2D eigenvalue weighted by Crippen LogP contribution is 2.28. The minimum Gasteiger partial charge on any atom is -0.481 e. The molecule has 0 saturated carbocycles. The molecule has 0 spiro atoms. The molecule has 0 aliphatic rings. The van der Waals surface area contributed by atoms with Gasteiger partial charge < -0.3 is 15.3 Å². The molecule has 0 aromatic carbocycles. The molecule has 0 amide bonds. The van der Waals surface area contributed by atoms with Crippen molar-refractivity contribution in [3.8, 4) is 0 Å². The summed E-state index contributed by atoms with van der Waals surface area (Å²) in [7, 11) is 0. The van der Waals surface area contributed by atoms with E-state index in [9.17, 15) is 20.1 Å². The van der Waals surface area contributed by atoms with Gasteiger partial charge in [-0.2, -0.15) is 0 Å². The smallest absolute Gasteiger partial charge is 0.306 e. The summed E-state index contributed by atoms with van der Waals surface area (Å²) in [4.78, 5) is 11.5. The first kappa shape index (κ1) is 24.4. The van der Waals surface area contributed by atoms with E-state index in [2.05, 4.69) is 6.92 Å². The summed E-state index contributed by atoms with van der Waals surface area (Å²) in [5, 5.41) is 28.7. The topological polar surface area (TPSA) is 77.8 Å². The maximum atomic E-state index is 11.5. The van der Waals surface area contributed by atoms with Gasteiger partial charge in [0.2, 0.25) is 0 Å². The van der Waals surface area contributed by atoms with Crippen molar-refractivity contribution < 1.29 is 20.1 Å². The highest BCUT2D eigenvalue weighted by atomic mass is 16.4.